The summed E-state index contributed by atoms with van der Waals surface area (Å²) in [5, 5.41) is 12.3. The highest BCUT2D eigenvalue weighted by Crippen LogP contribution is 2.50. The summed E-state index contributed by atoms with van der Waals surface area (Å²) in [6, 6.07) is 5.76. The number of thioether (sulfide) groups is 1. The number of benzene rings is 1. The van der Waals surface area contributed by atoms with Crippen molar-refractivity contribution in [1.82, 2.24) is 0 Å². The maximum Gasteiger partial charge on any atom is 0.122 e. The average Bonchev–Trinajstić information content (AvgIpc) is 2.46. The minimum absolute atomic E-state index is 0.588. The summed E-state index contributed by atoms with van der Waals surface area (Å²) in [5.74, 6) is 1.49. The van der Waals surface area contributed by atoms with E-state index < -0.39 is 5.60 Å². The first-order valence-electron chi connectivity index (χ1n) is 7.24. The second-order valence-corrected chi connectivity index (χ2v) is 7.46. The van der Waals surface area contributed by atoms with Crippen molar-refractivity contribution in [2.24, 2.45) is 0 Å². The summed E-state index contributed by atoms with van der Waals surface area (Å²) >= 11 is 2.07. The number of ether oxygens (including phenoxy) is 2. The van der Waals surface area contributed by atoms with E-state index in [2.05, 4.69) is 11.8 Å². The van der Waals surface area contributed by atoms with E-state index in [4.69, 9.17) is 9.47 Å². The summed E-state index contributed by atoms with van der Waals surface area (Å²) in [6.45, 7) is 0. The van der Waals surface area contributed by atoms with Crippen LogP contribution in [0.15, 0.2) is 18.2 Å². The SMILES string of the molecule is COc1cc(OC)cc(C2(O)CC3CCCC(C2)S3)c1. The largest absolute Gasteiger partial charge is 0.497 e. The molecular weight excluding hydrogens is 272 g/mol. The molecule has 2 heterocycles. The molecule has 1 aromatic carbocycles. The highest BCUT2D eigenvalue weighted by Gasteiger charge is 2.42. The molecule has 2 bridgehead atoms. The van der Waals surface area contributed by atoms with Crippen molar-refractivity contribution in [2.45, 2.75) is 48.2 Å². The van der Waals surface area contributed by atoms with Crippen molar-refractivity contribution in [3.05, 3.63) is 23.8 Å². The van der Waals surface area contributed by atoms with E-state index in [-0.39, 0.29) is 0 Å². The maximum atomic E-state index is 11.2. The molecule has 0 aromatic heterocycles. The Morgan fingerprint density at radius 2 is 1.60 bits per heavy atom. The Morgan fingerprint density at radius 1 is 1.05 bits per heavy atom. The highest BCUT2D eigenvalue weighted by molar-refractivity contribution is 8.00. The molecule has 0 spiro atoms. The summed E-state index contributed by atoms with van der Waals surface area (Å²) < 4.78 is 10.7. The third kappa shape index (κ3) is 2.63. The van der Waals surface area contributed by atoms with Gasteiger partial charge in [0, 0.05) is 16.6 Å². The van der Waals surface area contributed by atoms with Crippen LogP contribution in [0, 0.1) is 0 Å². The molecule has 0 radical (unpaired) electrons. The van der Waals surface area contributed by atoms with E-state index in [1.165, 1.54) is 19.3 Å². The van der Waals surface area contributed by atoms with Crippen LogP contribution in [0.3, 0.4) is 0 Å². The second-order valence-electron chi connectivity index (χ2n) is 5.85. The normalized spacial score (nSPS) is 32.8. The van der Waals surface area contributed by atoms with E-state index in [0.717, 1.165) is 29.9 Å². The van der Waals surface area contributed by atoms with Gasteiger partial charge in [-0.2, -0.15) is 11.8 Å². The molecule has 20 heavy (non-hydrogen) atoms. The van der Waals surface area contributed by atoms with Gasteiger partial charge in [0.2, 0.25) is 0 Å². The van der Waals surface area contributed by atoms with Gasteiger partial charge in [-0.3, -0.25) is 0 Å². The van der Waals surface area contributed by atoms with Crippen LogP contribution in [0.5, 0.6) is 11.5 Å². The van der Waals surface area contributed by atoms with Crippen LogP contribution in [0.25, 0.3) is 0 Å². The lowest BCUT2D eigenvalue weighted by molar-refractivity contribution is 0.00777. The van der Waals surface area contributed by atoms with E-state index in [1.54, 1.807) is 14.2 Å². The Bertz CT molecular complexity index is 454. The number of methoxy groups -OCH3 is 2. The number of hydrogen-bond acceptors (Lipinski definition) is 4. The van der Waals surface area contributed by atoms with Crippen molar-refractivity contribution in [1.29, 1.82) is 0 Å². The highest BCUT2D eigenvalue weighted by atomic mass is 32.2. The number of rotatable bonds is 3. The molecule has 2 aliphatic heterocycles. The summed E-state index contributed by atoms with van der Waals surface area (Å²) in [6.07, 6.45) is 5.43. The Hall–Kier alpha value is -0.870. The van der Waals surface area contributed by atoms with Crippen LogP contribution >= 0.6 is 11.8 Å². The molecule has 4 heteroatoms. The van der Waals surface area contributed by atoms with Crippen LogP contribution in [0.1, 0.15) is 37.7 Å². The van der Waals surface area contributed by atoms with Crippen LogP contribution in [-0.2, 0) is 5.60 Å². The molecule has 2 atom stereocenters. The number of aliphatic hydroxyl groups is 1. The molecule has 2 aliphatic rings. The van der Waals surface area contributed by atoms with E-state index in [1.807, 2.05) is 18.2 Å². The first-order chi connectivity index (χ1) is 9.63. The zero-order valence-corrected chi connectivity index (χ0v) is 12.9. The van der Waals surface area contributed by atoms with Crippen molar-refractivity contribution < 1.29 is 14.6 Å². The molecule has 3 rings (SSSR count). The maximum absolute atomic E-state index is 11.2. The molecule has 2 unspecified atom stereocenters. The molecule has 3 nitrogen and oxygen atoms in total. The predicted molar refractivity (Wildman–Crippen MR) is 81.7 cm³/mol. The fraction of sp³-hybridized carbons (Fsp3) is 0.625. The van der Waals surface area contributed by atoms with Gasteiger partial charge in [0.15, 0.2) is 0 Å². The number of fused-ring (bicyclic) bond motifs is 2. The molecule has 0 saturated carbocycles. The Morgan fingerprint density at radius 3 is 2.10 bits per heavy atom. The predicted octanol–water partition coefficient (Wildman–Crippen LogP) is 3.34. The first-order valence-corrected chi connectivity index (χ1v) is 8.18. The number of hydrogen-bond donors (Lipinski definition) is 1. The average molecular weight is 294 g/mol. The monoisotopic (exact) mass is 294 g/mol. The standard InChI is InChI=1S/C16H22O3S/c1-18-12-6-11(7-13(8-12)19-2)16(17)9-14-4-3-5-15(10-16)20-14/h6-8,14-15,17H,3-5,9-10H2,1-2H3. The van der Waals surface area contributed by atoms with Crippen LogP contribution in [0.4, 0.5) is 0 Å². The van der Waals surface area contributed by atoms with Gasteiger partial charge in [0.1, 0.15) is 11.5 Å². The van der Waals surface area contributed by atoms with Crippen LogP contribution in [-0.4, -0.2) is 29.8 Å². The molecule has 2 saturated heterocycles. The quantitative estimate of drug-likeness (QED) is 0.928. The van der Waals surface area contributed by atoms with Crippen molar-refractivity contribution in [2.75, 3.05) is 14.2 Å². The van der Waals surface area contributed by atoms with Gasteiger partial charge in [0.25, 0.3) is 0 Å². The topological polar surface area (TPSA) is 38.7 Å². The third-order valence-electron chi connectivity index (χ3n) is 4.46. The molecule has 0 aliphatic carbocycles. The molecule has 1 aromatic rings. The smallest absolute Gasteiger partial charge is 0.122 e. The fourth-order valence-electron chi connectivity index (χ4n) is 3.43. The van der Waals surface area contributed by atoms with E-state index in [9.17, 15) is 5.11 Å². The fourth-order valence-corrected chi connectivity index (χ4v) is 5.32. The Kier molecular flexibility index (Phi) is 3.87. The molecule has 2 fully saturated rings. The Labute approximate surface area is 124 Å². The summed E-state index contributed by atoms with van der Waals surface area (Å²) in [7, 11) is 3.29. The third-order valence-corrected chi connectivity index (χ3v) is 6.03. The summed E-state index contributed by atoms with van der Waals surface area (Å²) in [4.78, 5) is 0. The lowest BCUT2D eigenvalue weighted by atomic mass is 9.80. The van der Waals surface area contributed by atoms with Crippen molar-refractivity contribution in [3.63, 3.8) is 0 Å². The zero-order valence-electron chi connectivity index (χ0n) is 12.1. The van der Waals surface area contributed by atoms with E-state index in [0.29, 0.717) is 10.5 Å². The van der Waals surface area contributed by atoms with Crippen LogP contribution in [0.2, 0.25) is 0 Å². The van der Waals surface area contributed by atoms with Gasteiger partial charge >= 0.3 is 0 Å². The first kappa shape index (κ1) is 14.1. The molecule has 110 valence electrons. The van der Waals surface area contributed by atoms with Gasteiger partial charge in [-0.25, -0.2) is 0 Å². The molecule has 0 amide bonds. The van der Waals surface area contributed by atoms with Crippen molar-refractivity contribution in [3.8, 4) is 11.5 Å². The Balaban J connectivity index is 1.94. The molecular formula is C16H22O3S. The summed E-state index contributed by atoms with van der Waals surface area (Å²) in [5.41, 5.74) is 0.203. The van der Waals surface area contributed by atoms with Gasteiger partial charge in [-0.15, -0.1) is 0 Å². The van der Waals surface area contributed by atoms with Gasteiger partial charge in [0.05, 0.1) is 19.8 Å². The zero-order chi connectivity index (χ0) is 14.2. The lowest BCUT2D eigenvalue weighted by Gasteiger charge is -2.44. The van der Waals surface area contributed by atoms with Gasteiger partial charge < -0.3 is 14.6 Å². The van der Waals surface area contributed by atoms with Gasteiger partial charge in [-0.1, -0.05) is 6.42 Å². The van der Waals surface area contributed by atoms with E-state index >= 15 is 0 Å². The minimum Gasteiger partial charge on any atom is -0.497 e. The minimum atomic E-state index is -0.733. The lowest BCUT2D eigenvalue weighted by Crippen LogP contribution is -2.40. The van der Waals surface area contributed by atoms with Gasteiger partial charge in [-0.05, 0) is 43.4 Å². The molecule has 1 N–H and O–H groups in total. The second kappa shape index (κ2) is 5.49. The van der Waals surface area contributed by atoms with Crippen LogP contribution < -0.4 is 9.47 Å². The van der Waals surface area contributed by atoms with Crippen molar-refractivity contribution >= 4 is 11.8 Å².